The van der Waals surface area contributed by atoms with Gasteiger partial charge in [-0.05, 0) is 55.8 Å². The van der Waals surface area contributed by atoms with Crippen molar-refractivity contribution in [2.24, 2.45) is 27.8 Å². The van der Waals surface area contributed by atoms with Crippen molar-refractivity contribution in [1.82, 2.24) is 14.9 Å². The fraction of sp³-hybridized carbons (Fsp3) is 0.781. The van der Waals surface area contributed by atoms with E-state index in [2.05, 4.69) is 21.8 Å². The number of hydrogen-bond donors (Lipinski definition) is 2. The van der Waals surface area contributed by atoms with Gasteiger partial charge in [0.05, 0.1) is 29.0 Å². The molecule has 1 spiro atoms. The molecule has 0 aromatic carbocycles. The summed E-state index contributed by atoms with van der Waals surface area (Å²) in [6.07, 6.45) is 8.65. The Hall–Kier alpha value is -2.76. The van der Waals surface area contributed by atoms with Crippen LogP contribution in [0.1, 0.15) is 105 Å². The molecule has 5 aliphatic rings. The van der Waals surface area contributed by atoms with Gasteiger partial charge >= 0.3 is 0 Å². The summed E-state index contributed by atoms with van der Waals surface area (Å²) >= 11 is 0. The average molecular weight is 633 g/mol. The van der Waals surface area contributed by atoms with Crippen LogP contribution in [0.3, 0.4) is 0 Å². The maximum absolute atomic E-state index is 14.4. The largest absolute Gasteiger partial charge is 0.387 e. The number of likely N-dealkylation sites (tertiary alicyclic amines) is 1. The van der Waals surface area contributed by atoms with Gasteiger partial charge in [0.1, 0.15) is 6.04 Å². The second-order valence-electron chi connectivity index (χ2n) is 14.9. The molecule has 0 aromatic rings. The lowest BCUT2D eigenvalue weighted by Gasteiger charge is -2.36. The Morgan fingerprint density at radius 2 is 1.82 bits per heavy atom. The number of allylic oxidation sites excluding steroid dienone is 1. The summed E-state index contributed by atoms with van der Waals surface area (Å²) in [5.74, 6) is -1.60. The van der Waals surface area contributed by atoms with Crippen molar-refractivity contribution >= 4 is 39.2 Å². The second-order valence-corrected chi connectivity index (χ2v) is 16.9. The molecule has 3 amide bonds. The number of nitrogens with zero attached hydrogens (tertiary/aromatic N) is 2. The van der Waals surface area contributed by atoms with E-state index in [0.717, 1.165) is 31.4 Å². The summed E-state index contributed by atoms with van der Waals surface area (Å²) in [6.45, 7) is 11.6. The van der Waals surface area contributed by atoms with Gasteiger partial charge in [0.25, 0.3) is 0 Å². The highest BCUT2D eigenvalue weighted by molar-refractivity contribution is 7.90. The molecule has 4 fully saturated rings. The average Bonchev–Trinajstić information content (AvgIpc) is 3.78. The number of Topliss-reactive ketones (excluding diaryl/α,β-unsaturated/α-hetero) is 1. The highest BCUT2D eigenvalue weighted by Crippen LogP contribution is 2.57. The van der Waals surface area contributed by atoms with Gasteiger partial charge in [0.15, 0.2) is 11.4 Å². The lowest BCUT2D eigenvalue weighted by Crippen LogP contribution is -2.57. The van der Waals surface area contributed by atoms with Crippen LogP contribution in [0.15, 0.2) is 17.8 Å². The van der Waals surface area contributed by atoms with Crippen LogP contribution in [0.4, 0.5) is 0 Å². The number of carbonyl (C=O) groups is 4. The smallest absolute Gasteiger partial charge is 0.246 e. The molecular weight excluding hydrogens is 584 g/mol. The Morgan fingerprint density at radius 1 is 1.14 bits per heavy atom. The molecule has 0 radical (unpaired) electrons. The van der Waals surface area contributed by atoms with Gasteiger partial charge in [-0.1, -0.05) is 51.8 Å². The molecule has 2 aliphatic heterocycles. The van der Waals surface area contributed by atoms with E-state index >= 15 is 0 Å². The Kier molecular flexibility index (Phi) is 8.80. The summed E-state index contributed by atoms with van der Waals surface area (Å²) in [7, 11) is -3.80. The number of hydrogen-bond acceptors (Lipinski definition) is 8. The lowest BCUT2D eigenvalue weighted by atomic mass is 9.85. The molecule has 44 heavy (non-hydrogen) atoms. The van der Waals surface area contributed by atoms with E-state index in [0.29, 0.717) is 44.4 Å². The number of amides is 3. The molecule has 0 unspecified atom stereocenters. The Labute approximate surface area is 261 Å². The molecule has 1 saturated heterocycles. The molecular formula is C32H48N4O7S. The van der Waals surface area contributed by atoms with Crippen molar-refractivity contribution in [3.63, 3.8) is 0 Å². The molecule has 5 atom stereocenters. The maximum atomic E-state index is 14.4. The summed E-state index contributed by atoms with van der Waals surface area (Å²) < 4.78 is 27.4. The van der Waals surface area contributed by atoms with Crippen LogP contribution in [-0.4, -0.2) is 72.0 Å². The zero-order valence-electron chi connectivity index (χ0n) is 26.5. The van der Waals surface area contributed by atoms with Gasteiger partial charge in [-0.15, -0.1) is 6.58 Å². The predicted octanol–water partition coefficient (Wildman–Crippen LogP) is 3.38. The van der Waals surface area contributed by atoms with Crippen LogP contribution in [0, 0.1) is 22.7 Å². The fourth-order valence-corrected chi connectivity index (χ4v) is 8.65. The van der Waals surface area contributed by atoms with E-state index in [1.54, 1.807) is 6.08 Å². The highest BCUT2D eigenvalue weighted by Gasteiger charge is 2.63. The third-order valence-corrected chi connectivity index (χ3v) is 12.1. The van der Waals surface area contributed by atoms with Crippen LogP contribution in [0.2, 0.25) is 0 Å². The lowest BCUT2D eigenvalue weighted by molar-refractivity contribution is -0.144. The maximum Gasteiger partial charge on any atom is 0.246 e. The van der Waals surface area contributed by atoms with E-state index in [1.807, 2.05) is 27.7 Å². The van der Waals surface area contributed by atoms with Crippen molar-refractivity contribution in [3.8, 4) is 0 Å². The van der Waals surface area contributed by atoms with E-state index in [-0.39, 0.29) is 42.9 Å². The first-order chi connectivity index (χ1) is 20.6. The quantitative estimate of drug-likeness (QED) is 0.313. The van der Waals surface area contributed by atoms with E-state index in [4.69, 9.17) is 4.84 Å². The van der Waals surface area contributed by atoms with E-state index in [9.17, 15) is 27.6 Å². The molecule has 244 valence electrons. The molecule has 0 bridgehead atoms. The number of oxime groups is 1. The monoisotopic (exact) mass is 632 g/mol. The van der Waals surface area contributed by atoms with Crippen LogP contribution < -0.4 is 10.0 Å². The van der Waals surface area contributed by atoms with Gasteiger partial charge in [-0.25, -0.2) is 8.42 Å². The first-order valence-corrected chi connectivity index (χ1v) is 17.7. The molecule has 3 aliphatic carbocycles. The Balaban J connectivity index is 1.38. The topological polar surface area (TPSA) is 151 Å². The molecule has 11 nitrogen and oxygen atoms in total. The third-order valence-electron chi connectivity index (χ3n) is 10.3. The van der Waals surface area contributed by atoms with Gasteiger partial charge in [-0.3, -0.25) is 23.9 Å². The number of rotatable bonds is 12. The van der Waals surface area contributed by atoms with Crippen molar-refractivity contribution < 1.29 is 32.4 Å². The van der Waals surface area contributed by atoms with Crippen LogP contribution in [0.25, 0.3) is 0 Å². The number of carbonyl (C=O) groups excluding carboxylic acids is 4. The number of sulfonamides is 1. The minimum Gasteiger partial charge on any atom is -0.387 e. The van der Waals surface area contributed by atoms with Crippen molar-refractivity contribution in [2.45, 2.75) is 128 Å². The summed E-state index contributed by atoms with van der Waals surface area (Å²) in [5, 5.41) is 6.66. The molecule has 2 heterocycles. The molecule has 12 heteroatoms. The minimum atomic E-state index is -3.80. The molecule has 5 rings (SSSR count). The SMILES string of the molecule is C=C[C@@H]1C[C@]1(CC(=O)[C@@H]1C[C@]2(CC(CC)=NO2)CN1C(=O)[C@@H](NC(=O)CC1CCCC1)C(C)(C)C)C(=O)NS(=O)(=O)C1CC1. The van der Waals surface area contributed by atoms with E-state index in [1.165, 1.54) is 4.90 Å². The van der Waals surface area contributed by atoms with Gasteiger partial charge < -0.3 is 15.1 Å². The molecule has 3 saturated carbocycles. The van der Waals surface area contributed by atoms with Gasteiger partial charge in [0, 0.05) is 25.7 Å². The second kappa shape index (κ2) is 11.9. The summed E-state index contributed by atoms with van der Waals surface area (Å²) in [6, 6.07) is -1.79. The summed E-state index contributed by atoms with van der Waals surface area (Å²) in [4.78, 5) is 62.5. The van der Waals surface area contributed by atoms with Gasteiger partial charge in [-0.2, -0.15) is 0 Å². The standard InChI is InChI=1S/C32H48N4O7S/c1-6-21-15-32(21,29(40)35-44(41,42)23-12-13-23)18-25(37)24-17-31(16-22(7-2)34-43-31)19-36(24)28(39)27(30(3,4)5)33-26(38)14-20-10-8-9-11-20/h6,20-21,23-24,27H,1,7-19H2,2-5H3,(H,33,38)(H,35,40)/t21-,24+,27-,31-,32-/m1/s1. The van der Waals surface area contributed by atoms with Gasteiger partial charge in [0.2, 0.25) is 27.7 Å². The Bertz CT molecular complexity index is 1340. The summed E-state index contributed by atoms with van der Waals surface area (Å²) in [5.41, 5.74) is -1.90. The first kappa shape index (κ1) is 32.6. The fourth-order valence-electron chi connectivity index (χ4n) is 7.27. The highest BCUT2D eigenvalue weighted by atomic mass is 32.2. The van der Waals surface area contributed by atoms with Crippen molar-refractivity contribution in [3.05, 3.63) is 12.7 Å². The third kappa shape index (κ3) is 6.60. The first-order valence-electron chi connectivity index (χ1n) is 16.2. The molecule has 2 N–H and O–H groups in total. The van der Waals surface area contributed by atoms with E-state index < -0.39 is 49.7 Å². The molecule has 0 aromatic heterocycles. The van der Waals surface area contributed by atoms with Crippen molar-refractivity contribution in [2.75, 3.05) is 6.54 Å². The number of ketones is 1. The zero-order valence-corrected chi connectivity index (χ0v) is 27.3. The number of nitrogens with one attached hydrogen (secondary N) is 2. The van der Waals surface area contributed by atoms with Crippen LogP contribution in [0.5, 0.6) is 0 Å². The zero-order chi connectivity index (χ0) is 32.1. The predicted molar refractivity (Wildman–Crippen MR) is 165 cm³/mol. The normalized spacial score (nSPS) is 30.9. The van der Waals surface area contributed by atoms with Crippen LogP contribution >= 0.6 is 0 Å². The Morgan fingerprint density at radius 3 is 2.36 bits per heavy atom. The van der Waals surface area contributed by atoms with Crippen molar-refractivity contribution in [1.29, 1.82) is 0 Å². The van der Waals surface area contributed by atoms with Crippen LogP contribution in [-0.2, 0) is 34.0 Å². The minimum absolute atomic E-state index is 0.125.